The van der Waals surface area contributed by atoms with Crippen molar-refractivity contribution in [1.82, 2.24) is 0 Å². The minimum Gasteiger partial charge on any atom is -0.397 e. The summed E-state index contributed by atoms with van der Waals surface area (Å²) < 4.78 is 0. The number of aliphatic imine (C=N–C) groups is 1. The lowest BCUT2D eigenvalue weighted by Crippen LogP contribution is -1.92. The topological polar surface area (TPSA) is 38.4 Å². The van der Waals surface area contributed by atoms with Crippen molar-refractivity contribution in [2.45, 2.75) is 33.6 Å². The van der Waals surface area contributed by atoms with Gasteiger partial charge in [-0.1, -0.05) is 19.9 Å². The average molecular weight is 190 g/mol. The molecular weight excluding hydrogens is 172 g/mol. The first-order chi connectivity index (χ1) is 6.69. The Hall–Kier alpha value is -1.31. The molecule has 0 unspecified atom stereocenters. The molecule has 0 heterocycles. The van der Waals surface area contributed by atoms with Crippen molar-refractivity contribution in [3.05, 3.63) is 23.3 Å². The Morgan fingerprint density at radius 3 is 2.57 bits per heavy atom. The van der Waals surface area contributed by atoms with Crippen molar-refractivity contribution in [3.63, 3.8) is 0 Å². The highest BCUT2D eigenvalue weighted by Gasteiger charge is 2.02. The molecule has 0 aliphatic carbocycles. The third-order valence-electron chi connectivity index (χ3n) is 2.20. The van der Waals surface area contributed by atoms with Gasteiger partial charge in [-0.05, 0) is 37.0 Å². The fraction of sp³-hybridized carbons (Fsp3) is 0.417. The second kappa shape index (κ2) is 4.80. The summed E-state index contributed by atoms with van der Waals surface area (Å²) in [6.07, 6.45) is 3.85. The molecule has 76 valence electrons. The molecule has 1 aromatic carbocycles. The van der Waals surface area contributed by atoms with Crippen LogP contribution in [-0.4, -0.2) is 6.21 Å². The van der Waals surface area contributed by atoms with Gasteiger partial charge in [0.1, 0.15) is 0 Å². The van der Waals surface area contributed by atoms with E-state index in [1.165, 1.54) is 5.56 Å². The van der Waals surface area contributed by atoms with Gasteiger partial charge in [0.15, 0.2) is 0 Å². The highest BCUT2D eigenvalue weighted by Crippen LogP contribution is 2.27. The molecule has 2 heteroatoms. The first-order valence-corrected chi connectivity index (χ1v) is 5.10. The second-order valence-corrected chi connectivity index (χ2v) is 3.42. The molecule has 0 fully saturated rings. The van der Waals surface area contributed by atoms with E-state index in [-0.39, 0.29) is 0 Å². The van der Waals surface area contributed by atoms with Gasteiger partial charge in [-0.3, -0.25) is 4.99 Å². The van der Waals surface area contributed by atoms with Crippen LogP contribution in [0.25, 0.3) is 0 Å². The van der Waals surface area contributed by atoms with Gasteiger partial charge in [0.2, 0.25) is 0 Å². The molecular formula is C12H18N2. The predicted octanol–water partition coefficient (Wildman–Crippen LogP) is 3.25. The zero-order chi connectivity index (χ0) is 10.6. The number of nitrogens with two attached hydrogens (primary N) is 1. The first kappa shape index (κ1) is 10.8. The highest BCUT2D eigenvalue weighted by atomic mass is 14.8. The zero-order valence-electron chi connectivity index (χ0n) is 9.17. The fourth-order valence-electron chi connectivity index (χ4n) is 1.45. The number of anilines is 1. The molecule has 2 N–H and O–H groups in total. The van der Waals surface area contributed by atoms with Crippen LogP contribution in [0.3, 0.4) is 0 Å². The van der Waals surface area contributed by atoms with Crippen LogP contribution >= 0.6 is 0 Å². The lowest BCUT2D eigenvalue weighted by Gasteiger charge is -2.07. The number of rotatable bonds is 3. The largest absolute Gasteiger partial charge is 0.397 e. The van der Waals surface area contributed by atoms with Gasteiger partial charge in [-0.15, -0.1) is 0 Å². The van der Waals surface area contributed by atoms with E-state index in [2.05, 4.69) is 31.8 Å². The maximum Gasteiger partial charge on any atom is 0.0884 e. The Morgan fingerprint density at radius 2 is 2.07 bits per heavy atom. The molecule has 1 rings (SSSR count). The highest BCUT2D eigenvalue weighted by molar-refractivity contribution is 5.74. The third kappa shape index (κ3) is 2.34. The summed E-state index contributed by atoms with van der Waals surface area (Å²) in [4.78, 5) is 4.35. The minimum atomic E-state index is 0.784. The van der Waals surface area contributed by atoms with E-state index in [0.717, 1.165) is 29.8 Å². The number of aryl methyl sites for hydroxylation is 2. The Morgan fingerprint density at radius 1 is 1.36 bits per heavy atom. The van der Waals surface area contributed by atoms with Gasteiger partial charge < -0.3 is 5.73 Å². The van der Waals surface area contributed by atoms with Gasteiger partial charge >= 0.3 is 0 Å². The molecule has 0 spiro atoms. The number of hydrogen-bond donors (Lipinski definition) is 1. The minimum absolute atomic E-state index is 0.784. The molecule has 14 heavy (non-hydrogen) atoms. The predicted molar refractivity (Wildman–Crippen MR) is 63.4 cm³/mol. The van der Waals surface area contributed by atoms with E-state index < -0.39 is 0 Å². The van der Waals surface area contributed by atoms with E-state index in [9.17, 15) is 0 Å². The lowest BCUT2D eigenvalue weighted by atomic mass is 10.1. The number of nitrogen functional groups attached to an aromatic ring is 1. The molecule has 1 aromatic rings. The Bertz CT molecular complexity index is 317. The summed E-state index contributed by atoms with van der Waals surface area (Å²) in [7, 11) is 0. The molecule has 0 saturated carbocycles. The van der Waals surface area contributed by atoms with Gasteiger partial charge in [0.25, 0.3) is 0 Å². The van der Waals surface area contributed by atoms with E-state index in [4.69, 9.17) is 5.73 Å². The van der Waals surface area contributed by atoms with Gasteiger partial charge in [-0.25, -0.2) is 0 Å². The van der Waals surface area contributed by atoms with Crippen LogP contribution in [0.5, 0.6) is 0 Å². The first-order valence-electron chi connectivity index (χ1n) is 5.10. The SMILES string of the molecule is CC/C=N\c1c(C)cc(CC)cc1N. The molecule has 0 aromatic heterocycles. The molecule has 0 saturated heterocycles. The van der Waals surface area contributed by atoms with Crippen molar-refractivity contribution < 1.29 is 0 Å². The second-order valence-electron chi connectivity index (χ2n) is 3.42. The van der Waals surface area contributed by atoms with Crippen LogP contribution < -0.4 is 5.73 Å². The number of benzene rings is 1. The summed E-state index contributed by atoms with van der Waals surface area (Å²) >= 11 is 0. The summed E-state index contributed by atoms with van der Waals surface area (Å²) in [5.74, 6) is 0. The Balaban J connectivity index is 3.11. The van der Waals surface area contributed by atoms with Crippen LogP contribution in [0.15, 0.2) is 17.1 Å². The van der Waals surface area contributed by atoms with E-state index in [1.807, 2.05) is 12.3 Å². The van der Waals surface area contributed by atoms with Crippen molar-refractivity contribution in [2.75, 3.05) is 5.73 Å². The van der Waals surface area contributed by atoms with Gasteiger partial charge in [0, 0.05) is 6.21 Å². The maximum absolute atomic E-state index is 5.92. The quantitative estimate of drug-likeness (QED) is 0.576. The monoisotopic (exact) mass is 190 g/mol. The molecule has 0 aliphatic rings. The smallest absolute Gasteiger partial charge is 0.0884 e. The number of nitrogens with zero attached hydrogens (tertiary/aromatic N) is 1. The number of hydrogen-bond acceptors (Lipinski definition) is 2. The fourth-order valence-corrected chi connectivity index (χ4v) is 1.45. The molecule has 0 aliphatic heterocycles. The van der Waals surface area contributed by atoms with Crippen LogP contribution in [0, 0.1) is 6.92 Å². The summed E-state index contributed by atoms with van der Waals surface area (Å²) in [6, 6.07) is 4.16. The van der Waals surface area contributed by atoms with Crippen LogP contribution in [0.4, 0.5) is 11.4 Å². The van der Waals surface area contributed by atoms with E-state index in [1.54, 1.807) is 0 Å². The van der Waals surface area contributed by atoms with Crippen molar-refractivity contribution in [1.29, 1.82) is 0 Å². The molecule has 0 atom stereocenters. The van der Waals surface area contributed by atoms with E-state index >= 15 is 0 Å². The maximum atomic E-state index is 5.92. The Labute approximate surface area is 85.9 Å². The van der Waals surface area contributed by atoms with Crippen LogP contribution in [-0.2, 0) is 6.42 Å². The average Bonchev–Trinajstić information content (AvgIpc) is 2.16. The molecule has 0 bridgehead atoms. The molecule has 0 amide bonds. The van der Waals surface area contributed by atoms with Crippen molar-refractivity contribution in [3.8, 4) is 0 Å². The third-order valence-corrected chi connectivity index (χ3v) is 2.20. The van der Waals surface area contributed by atoms with Crippen LogP contribution in [0.1, 0.15) is 31.4 Å². The lowest BCUT2D eigenvalue weighted by molar-refractivity contribution is 1.13. The molecule has 2 nitrogen and oxygen atoms in total. The standard InChI is InChI=1S/C12H18N2/c1-4-6-14-12-9(3)7-10(5-2)8-11(12)13/h6-8H,4-5,13H2,1-3H3/b14-6-. The summed E-state index contributed by atoms with van der Waals surface area (Å²) in [6.45, 7) is 6.25. The van der Waals surface area contributed by atoms with Crippen molar-refractivity contribution >= 4 is 17.6 Å². The van der Waals surface area contributed by atoms with Crippen molar-refractivity contribution in [2.24, 2.45) is 4.99 Å². The van der Waals surface area contributed by atoms with Gasteiger partial charge in [-0.2, -0.15) is 0 Å². The Kier molecular flexibility index (Phi) is 3.69. The summed E-state index contributed by atoms with van der Waals surface area (Å²) in [5.41, 5.74) is 10.1. The summed E-state index contributed by atoms with van der Waals surface area (Å²) in [5, 5.41) is 0. The van der Waals surface area contributed by atoms with E-state index in [0.29, 0.717) is 0 Å². The van der Waals surface area contributed by atoms with Crippen LogP contribution in [0.2, 0.25) is 0 Å². The zero-order valence-corrected chi connectivity index (χ0v) is 9.17. The molecule has 0 radical (unpaired) electrons. The van der Waals surface area contributed by atoms with Gasteiger partial charge in [0.05, 0.1) is 11.4 Å². The normalized spacial score (nSPS) is 11.1.